The number of phenolic OH excluding ortho intramolecular Hbond substituents is 1. The first kappa shape index (κ1) is 21.0. The van der Waals surface area contributed by atoms with Crippen molar-refractivity contribution < 1.29 is 24.3 Å². The minimum atomic E-state index is -1.90. The number of nitrogens with one attached hydrogen (secondary N) is 1. The topological polar surface area (TPSA) is 104 Å². The molecule has 5 rings (SSSR count). The number of fused-ring (bicyclic) bond motifs is 4. The second-order valence-corrected chi connectivity index (χ2v) is 10.7. The summed E-state index contributed by atoms with van der Waals surface area (Å²) in [6, 6.07) is 4.73. The fourth-order valence-electron chi connectivity index (χ4n) is 5.76. The molecule has 0 bridgehead atoms. The van der Waals surface area contributed by atoms with Crippen LogP contribution < -0.4 is 5.32 Å². The van der Waals surface area contributed by atoms with Crippen LogP contribution in [0.2, 0.25) is 0 Å². The SMILES string of the molecule is CN1C(=O)C2(Cl)CC3C(=CCC4C(=O)NC(=O)C43)C(c3cc(Br)ccc3O)C2(Cl)C1=O. The van der Waals surface area contributed by atoms with Gasteiger partial charge in [-0.05, 0) is 37.0 Å². The molecular formula is C21H17BrCl2N2O5. The van der Waals surface area contributed by atoms with E-state index in [-0.39, 0.29) is 18.1 Å². The summed E-state index contributed by atoms with van der Waals surface area (Å²) >= 11 is 17.3. The Bertz CT molecular complexity index is 1120. The highest BCUT2D eigenvalue weighted by molar-refractivity contribution is 9.10. The van der Waals surface area contributed by atoms with Gasteiger partial charge in [0.15, 0.2) is 9.75 Å². The third-order valence-corrected chi connectivity index (χ3v) is 9.06. The maximum Gasteiger partial charge on any atom is 0.253 e. The molecule has 10 heteroatoms. The van der Waals surface area contributed by atoms with Crippen LogP contribution in [0, 0.1) is 17.8 Å². The Labute approximate surface area is 195 Å². The van der Waals surface area contributed by atoms with E-state index in [2.05, 4.69) is 21.2 Å². The Hall–Kier alpha value is -1.90. The predicted molar refractivity (Wildman–Crippen MR) is 114 cm³/mol. The molecule has 1 aromatic rings. The summed E-state index contributed by atoms with van der Waals surface area (Å²) in [5.74, 6) is -5.03. The van der Waals surface area contributed by atoms with Gasteiger partial charge < -0.3 is 5.11 Å². The van der Waals surface area contributed by atoms with E-state index in [1.165, 1.54) is 13.1 Å². The summed E-state index contributed by atoms with van der Waals surface area (Å²) in [5, 5.41) is 13.1. The molecule has 4 amide bonds. The Morgan fingerprint density at radius 2 is 1.84 bits per heavy atom. The molecule has 2 aliphatic heterocycles. The summed E-state index contributed by atoms with van der Waals surface area (Å²) in [5.41, 5.74) is 0.965. The van der Waals surface area contributed by atoms with Gasteiger partial charge in [-0.25, -0.2) is 0 Å². The van der Waals surface area contributed by atoms with Gasteiger partial charge in [-0.1, -0.05) is 27.6 Å². The zero-order valence-electron chi connectivity index (χ0n) is 16.2. The molecule has 2 N–H and O–H groups in total. The van der Waals surface area contributed by atoms with Crippen LogP contribution in [-0.4, -0.2) is 50.4 Å². The van der Waals surface area contributed by atoms with Crippen molar-refractivity contribution in [2.45, 2.75) is 28.5 Å². The second kappa shape index (κ2) is 6.56. The summed E-state index contributed by atoms with van der Waals surface area (Å²) in [6.07, 6.45) is 2.04. The van der Waals surface area contributed by atoms with Crippen molar-refractivity contribution in [2.75, 3.05) is 7.05 Å². The molecule has 0 radical (unpaired) electrons. The normalized spacial score (nSPS) is 39.1. The Morgan fingerprint density at radius 1 is 1.13 bits per heavy atom. The number of imide groups is 2. The van der Waals surface area contributed by atoms with Crippen molar-refractivity contribution >= 4 is 62.8 Å². The van der Waals surface area contributed by atoms with Gasteiger partial charge in [-0.2, -0.15) is 0 Å². The highest BCUT2D eigenvalue weighted by atomic mass is 79.9. The van der Waals surface area contributed by atoms with Crippen LogP contribution in [0.5, 0.6) is 5.75 Å². The number of likely N-dealkylation sites (tertiary alicyclic amines) is 1. The lowest BCUT2D eigenvalue weighted by molar-refractivity contribution is -0.138. The maximum absolute atomic E-state index is 13.3. The molecule has 2 aliphatic carbocycles. The van der Waals surface area contributed by atoms with Crippen LogP contribution >= 0.6 is 39.1 Å². The van der Waals surface area contributed by atoms with Gasteiger partial charge in [0.1, 0.15) is 5.75 Å². The largest absolute Gasteiger partial charge is 0.508 e. The molecule has 1 saturated carbocycles. The molecule has 31 heavy (non-hydrogen) atoms. The lowest BCUT2D eigenvalue weighted by atomic mass is 9.56. The first-order valence-electron chi connectivity index (χ1n) is 9.76. The highest BCUT2D eigenvalue weighted by Crippen LogP contribution is 2.65. The molecule has 4 aliphatic rings. The van der Waals surface area contributed by atoms with Gasteiger partial charge in [0.05, 0.1) is 11.8 Å². The summed E-state index contributed by atoms with van der Waals surface area (Å²) < 4.78 is 0.635. The quantitative estimate of drug-likeness (QED) is 0.331. The van der Waals surface area contributed by atoms with Crippen LogP contribution in [0.4, 0.5) is 0 Å². The van der Waals surface area contributed by atoms with E-state index in [9.17, 15) is 24.3 Å². The van der Waals surface area contributed by atoms with Crippen molar-refractivity contribution in [1.82, 2.24) is 10.2 Å². The molecule has 2 saturated heterocycles. The molecular weight excluding hydrogens is 511 g/mol. The molecule has 0 spiro atoms. The van der Waals surface area contributed by atoms with Gasteiger partial charge in [-0.15, -0.1) is 23.2 Å². The molecule has 162 valence electrons. The number of amides is 4. The summed E-state index contributed by atoms with van der Waals surface area (Å²) in [7, 11) is 1.32. The lowest BCUT2D eigenvalue weighted by Crippen LogP contribution is -2.60. The number of halogens is 3. The van der Waals surface area contributed by atoms with Crippen molar-refractivity contribution in [2.24, 2.45) is 17.8 Å². The van der Waals surface area contributed by atoms with Crippen molar-refractivity contribution in [3.63, 3.8) is 0 Å². The van der Waals surface area contributed by atoms with Gasteiger partial charge >= 0.3 is 0 Å². The maximum atomic E-state index is 13.3. The third kappa shape index (κ3) is 2.47. The fourth-order valence-corrected chi connectivity index (χ4v) is 7.15. The zero-order chi connectivity index (χ0) is 22.5. The van der Waals surface area contributed by atoms with E-state index in [1.807, 2.05) is 6.08 Å². The Morgan fingerprint density at radius 3 is 2.55 bits per heavy atom. The number of nitrogens with zero attached hydrogens (tertiary/aromatic N) is 1. The zero-order valence-corrected chi connectivity index (χ0v) is 19.3. The van der Waals surface area contributed by atoms with Crippen LogP contribution in [0.3, 0.4) is 0 Å². The van der Waals surface area contributed by atoms with E-state index in [4.69, 9.17) is 23.2 Å². The van der Waals surface area contributed by atoms with E-state index in [0.29, 0.717) is 22.0 Å². The minimum Gasteiger partial charge on any atom is -0.508 e. The van der Waals surface area contributed by atoms with Gasteiger partial charge in [0, 0.05) is 23.0 Å². The highest BCUT2D eigenvalue weighted by Gasteiger charge is 2.75. The fraction of sp³-hybridized carbons (Fsp3) is 0.429. The number of hydrogen-bond acceptors (Lipinski definition) is 5. The number of allylic oxidation sites excluding steroid dienone is 2. The van der Waals surface area contributed by atoms with E-state index >= 15 is 0 Å². The number of benzene rings is 1. The molecule has 3 fully saturated rings. The first-order valence-corrected chi connectivity index (χ1v) is 11.3. The molecule has 2 heterocycles. The van der Waals surface area contributed by atoms with Crippen LogP contribution in [0.25, 0.3) is 0 Å². The summed E-state index contributed by atoms with van der Waals surface area (Å²) in [4.78, 5) is 48.6. The second-order valence-electron chi connectivity index (χ2n) is 8.55. The number of alkyl halides is 2. The Kier molecular flexibility index (Phi) is 4.44. The molecule has 6 unspecified atom stereocenters. The molecule has 7 nitrogen and oxygen atoms in total. The molecule has 6 atom stereocenters. The number of hydrogen-bond donors (Lipinski definition) is 2. The molecule has 1 aromatic carbocycles. The van der Waals surface area contributed by atoms with Gasteiger partial charge in [0.25, 0.3) is 11.8 Å². The van der Waals surface area contributed by atoms with Crippen molar-refractivity contribution in [3.8, 4) is 5.75 Å². The number of carbonyl (C=O) groups is 4. The lowest BCUT2D eigenvalue weighted by Gasteiger charge is -2.50. The van der Waals surface area contributed by atoms with Crippen molar-refractivity contribution in [3.05, 3.63) is 39.9 Å². The van der Waals surface area contributed by atoms with Crippen LogP contribution in [0.15, 0.2) is 34.3 Å². The minimum absolute atomic E-state index is 0.0636. The Balaban J connectivity index is 1.79. The van der Waals surface area contributed by atoms with E-state index in [0.717, 1.165) is 4.90 Å². The smallest absolute Gasteiger partial charge is 0.253 e. The van der Waals surface area contributed by atoms with E-state index in [1.54, 1.807) is 12.1 Å². The van der Waals surface area contributed by atoms with E-state index < -0.39 is 51.1 Å². The monoisotopic (exact) mass is 526 g/mol. The number of carbonyl (C=O) groups excluding carboxylic acids is 4. The molecule has 0 aromatic heterocycles. The standard InChI is InChI=1S/C21H17BrCl2N2O5/c1-26-18(30)20(23)7-12-9(3-4-10-14(12)17(29)25-16(10)28)15(21(20,24)19(26)31)11-6-8(22)2-5-13(11)27/h2-3,5-6,10,12,14-15,27H,4,7H2,1H3,(H,25,28,29). The average molecular weight is 528 g/mol. The average Bonchev–Trinajstić information content (AvgIpc) is 3.08. The number of aromatic hydroxyl groups is 1. The van der Waals surface area contributed by atoms with Gasteiger partial charge in [0.2, 0.25) is 11.8 Å². The third-order valence-electron chi connectivity index (χ3n) is 7.16. The summed E-state index contributed by atoms with van der Waals surface area (Å²) in [6.45, 7) is 0. The first-order chi connectivity index (χ1) is 14.5. The van der Waals surface area contributed by atoms with Crippen LogP contribution in [-0.2, 0) is 19.2 Å². The van der Waals surface area contributed by atoms with Crippen molar-refractivity contribution in [1.29, 1.82) is 0 Å². The predicted octanol–water partition coefficient (Wildman–Crippen LogP) is 2.43. The number of phenols is 1. The number of rotatable bonds is 1. The van der Waals surface area contributed by atoms with Crippen LogP contribution in [0.1, 0.15) is 24.3 Å². The van der Waals surface area contributed by atoms with Gasteiger partial charge in [-0.3, -0.25) is 29.4 Å².